The highest BCUT2D eigenvalue weighted by Gasteiger charge is 2.21. The maximum Gasteiger partial charge on any atom is 0.0678 e. The first-order valence-corrected chi connectivity index (χ1v) is 7.01. The van der Waals surface area contributed by atoms with Gasteiger partial charge in [0.1, 0.15) is 0 Å². The van der Waals surface area contributed by atoms with Gasteiger partial charge in [-0.2, -0.15) is 0 Å². The van der Waals surface area contributed by atoms with E-state index in [1.807, 2.05) is 0 Å². The van der Waals surface area contributed by atoms with Crippen LogP contribution in [0.5, 0.6) is 0 Å². The van der Waals surface area contributed by atoms with E-state index in [-0.39, 0.29) is 0 Å². The molecule has 2 N–H and O–H groups in total. The lowest BCUT2D eigenvalue weighted by atomic mass is 9.87. The second-order valence-electron chi connectivity index (χ2n) is 6.34. The summed E-state index contributed by atoms with van der Waals surface area (Å²) >= 11 is 0. The molecule has 0 aromatic carbocycles. The Kier molecular flexibility index (Phi) is 5.90. The number of hydrogen-bond acceptors (Lipinski definition) is 3. The quantitative estimate of drug-likeness (QED) is 0.726. The fourth-order valence-corrected chi connectivity index (χ4v) is 2.51. The minimum atomic E-state index is 0.311. The van der Waals surface area contributed by atoms with Crippen molar-refractivity contribution in [1.29, 1.82) is 0 Å². The van der Waals surface area contributed by atoms with Gasteiger partial charge in [0.05, 0.1) is 12.2 Å². The number of nitrogens with zero attached hydrogens (tertiary/aromatic N) is 1. The first-order chi connectivity index (χ1) is 7.93. The molecule has 0 radical (unpaired) electrons. The van der Waals surface area contributed by atoms with Gasteiger partial charge in [0.25, 0.3) is 0 Å². The Labute approximate surface area is 107 Å². The van der Waals surface area contributed by atoms with E-state index in [0.717, 1.165) is 19.6 Å². The zero-order chi connectivity index (χ0) is 12.9. The van der Waals surface area contributed by atoms with Crippen LogP contribution in [0.4, 0.5) is 0 Å². The summed E-state index contributed by atoms with van der Waals surface area (Å²) in [7, 11) is 0. The van der Waals surface area contributed by atoms with Gasteiger partial charge in [-0.3, -0.25) is 4.90 Å². The van der Waals surface area contributed by atoms with Crippen molar-refractivity contribution in [3.8, 4) is 0 Å². The molecule has 1 aliphatic heterocycles. The van der Waals surface area contributed by atoms with Crippen molar-refractivity contribution in [3.63, 3.8) is 0 Å². The van der Waals surface area contributed by atoms with Crippen LogP contribution >= 0.6 is 0 Å². The van der Waals surface area contributed by atoms with Crippen LogP contribution in [0.15, 0.2) is 0 Å². The highest BCUT2D eigenvalue weighted by molar-refractivity contribution is 4.74. The van der Waals surface area contributed by atoms with Gasteiger partial charge < -0.3 is 10.5 Å². The van der Waals surface area contributed by atoms with Crippen molar-refractivity contribution in [2.45, 2.75) is 59.2 Å². The average Bonchev–Trinajstić information content (AvgIpc) is 2.23. The van der Waals surface area contributed by atoms with E-state index in [1.165, 1.54) is 25.8 Å². The molecule has 0 amide bonds. The molecule has 0 unspecified atom stereocenters. The van der Waals surface area contributed by atoms with Crippen LogP contribution in [0.3, 0.4) is 0 Å². The third-order valence-electron chi connectivity index (χ3n) is 3.63. The third kappa shape index (κ3) is 5.84. The predicted molar refractivity (Wildman–Crippen MR) is 73.1 cm³/mol. The van der Waals surface area contributed by atoms with Crippen LogP contribution in [0.1, 0.15) is 47.0 Å². The summed E-state index contributed by atoms with van der Waals surface area (Å²) in [6, 6.07) is 0. The Balaban J connectivity index is 2.14. The molecule has 1 aliphatic rings. The van der Waals surface area contributed by atoms with Crippen molar-refractivity contribution in [1.82, 2.24) is 4.90 Å². The third-order valence-corrected chi connectivity index (χ3v) is 3.63. The molecular weight excluding hydrogens is 212 g/mol. The predicted octanol–water partition coefficient (Wildman–Crippen LogP) is 2.25. The number of hydrogen-bond donors (Lipinski definition) is 1. The van der Waals surface area contributed by atoms with Crippen LogP contribution < -0.4 is 5.73 Å². The van der Waals surface area contributed by atoms with E-state index >= 15 is 0 Å². The highest BCUT2D eigenvalue weighted by Crippen LogP contribution is 2.21. The summed E-state index contributed by atoms with van der Waals surface area (Å²) in [4.78, 5) is 2.54. The van der Waals surface area contributed by atoms with Gasteiger partial charge >= 0.3 is 0 Å². The Hall–Kier alpha value is -0.120. The number of ether oxygens (including phenoxy) is 1. The average molecular weight is 242 g/mol. The number of nitrogens with two attached hydrogens (primary N) is 1. The summed E-state index contributed by atoms with van der Waals surface area (Å²) in [5.41, 5.74) is 6.05. The fraction of sp³-hybridized carbons (Fsp3) is 1.00. The second kappa shape index (κ2) is 6.72. The molecule has 0 aromatic heterocycles. The van der Waals surface area contributed by atoms with Gasteiger partial charge in [-0.1, -0.05) is 20.3 Å². The molecule has 3 heteroatoms. The van der Waals surface area contributed by atoms with Crippen molar-refractivity contribution < 1.29 is 4.74 Å². The van der Waals surface area contributed by atoms with E-state index in [4.69, 9.17) is 10.5 Å². The van der Waals surface area contributed by atoms with Crippen molar-refractivity contribution in [3.05, 3.63) is 0 Å². The maximum atomic E-state index is 5.74. The maximum absolute atomic E-state index is 5.74. The van der Waals surface area contributed by atoms with E-state index in [1.54, 1.807) is 0 Å². The zero-order valence-electron chi connectivity index (χ0n) is 12.0. The van der Waals surface area contributed by atoms with Gasteiger partial charge in [0, 0.05) is 13.1 Å². The van der Waals surface area contributed by atoms with Crippen LogP contribution in [-0.4, -0.2) is 43.3 Å². The lowest BCUT2D eigenvalue weighted by Crippen LogP contribution is -2.45. The summed E-state index contributed by atoms with van der Waals surface area (Å²) < 4.78 is 5.74. The number of morpholine rings is 1. The topological polar surface area (TPSA) is 38.5 Å². The molecule has 0 bridgehead atoms. The van der Waals surface area contributed by atoms with Crippen molar-refractivity contribution >= 4 is 0 Å². The molecule has 0 aliphatic carbocycles. The smallest absolute Gasteiger partial charge is 0.0678 e. The minimum absolute atomic E-state index is 0.311. The van der Waals surface area contributed by atoms with Gasteiger partial charge in [-0.05, 0) is 45.2 Å². The highest BCUT2D eigenvalue weighted by atomic mass is 16.5. The fourth-order valence-electron chi connectivity index (χ4n) is 2.51. The molecule has 1 heterocycles. The van der Waals surface area contributed by atoms with Crippen LogP contribution in [0.2, 0.25) is 0 Å². The Morgan fingerprint density at radius 2 is 1.76 bits per heavy atom. The van der Waals surface area contributed by atoms with Crippen LogP contribution in [-0.2, 0) is 4.74 Å². The Morgan fingerprint density at radius 3 is 2.29 bits per heavy atom. The molecule has 0 aromatic rings. The molecule has 2 atom stereocenters. The largest absolute Gasteiger partial charge is 0.373 e. The molecule has 102 valence electrons. The molecule has 0 saturated carbocycles. The van der Waals surface area contributed by atoms with E-state index in [9.17, 15) is 0 Å². The second-order valence-corrected chi connectivity index (χ2v) is 6.34. The van der Waals surface area contributed by atoms with Crippen molar-refractivity contribution in [2.75, 3.05) is 26.2 Å². The molecule has 1 saturated heterocycles. The monoisotopic (exact) mass is 242 g/mol. The van der Waals surface area contributed by atoms with Gasteiger partial charge in [-0.15, -0.1) is 0 Å². The lowest BCUT2D eigenvalue weighted by molar-refractivity contribution is -0.0682. The van der Waals surface area contributed by atoms with E-state index < -0.39 is 0 Å². The van der Waals surface area contributed by atoms with E-state index in [0.29, 0.717) is 17.6 Å². The number of rotatable bonds is 6. The first-order valence-electron chi connectivity index (χ1n) is 7.01. The van der Waals surface area contributed by atoms with Crippen molar-refractivity contribution in [2.24, 2.45) is 11.1 Å². The first kappa shape index (κ1) is 14.9. The summed E-state index contributed by atoms with van der Waals surface area (Å²) in [5, 5.41) is 0. The molecule has 3 nitrogen and oxygen atoms in total. The molecule has 17 heavy (non-hydrogen) atoms. The molecular formula is C14H30N2O. The summed E-state index contributed by atoms with van der Waals surface area (Å²) in [5.74, 6) is 0. The molecule has 1 fully saturated rings. The zero-order valence-corrected chi connectivity index (χ0v) is 12.0. The normalized spacial score (nSPS) is 27.4. The number of unbranched alkanes of at least 4 members (excludes halogenated alkanes) is 1. The summed E-state index contributed by atoms with van der Waals surface area (Å²) in [6.45, 7) is 13.0. The summed E-state index contributed by atoms with van der Waals surface area (Å²) in [6.07, 6.45) is 4.57. The Bertz CT molecular complexity index is 208. The standard InChI is InChI=1S/C14H30N2O/c1-12-9-16(10-13(2)17-12)8-6-5-7-14(3,4)11-15/h12-13H,5-11,15H2,1-4H3/t12-,13+. The van der Waals surface area contributed by atoms with Gasteiger partial charge in [0.2, 0.25) is 0 Å². The SMILES string of the molecule is C[C@@H]1CN(CCCCC(C)(C)CN)C[C@H](C)O1. The van der Waals surface area contributed by atoms with Crippen LogP contribution in [0.25, 0.3) is 0 Å². The molecule has 1 rings (SSSR count). The van der Waals surface area contributed by atoms with Crippen LogP contribution in [0, 0.1) is 5.41 Å². The minimum Gasteiger partial charge on any atom is -0.373 e. The van der Waals surface area contributed by atoms with Gasteiger partial charge in [0.15, 0.2) is 0 Å². The molecule has 0 spiro atoms. The van der Waals surface area contributed by atoms with E-state index in [2.05, 4.69) is 32.6 Å². The lowest BCUT2D eigenvalue weighted by Gasteiger charge is -2.35. The van der Waals surface area contributed by atoms with Gasteiger partial charge in [-0.25, -0.2) is 0 Å². The Morgan fingerprint density at radius 1 is 1.18 bits per heavy atom.